The van der Waals surface area contributed by atoms with Crippen LogP contribution in [0.4, 0.5) is 4.79 Å². The van der Waals surface area contributed by atoms with Gasteiger partial charge in [0.15, 0.2) is 6.10 Å². The fourth-order valence-electron chi connectivity index (χ4n) is 2.68. The Kier molecular flexibility index (Phi) is 5.44. The quantitative estimate of drug-likeness (QED) is 0.567. The summed E-state index contributed by atoms with van der Waals surface area (Å²) >= 11 is 0. The Hall–Kier alpha value is -3.95. The van der Waals surface area contributed by atoms with Crippen LogP contribution in [0, 0.1) is 0 Å². The number of imide groups is 2. The summed E-state index contributed by atoms with van der Waals surface area (Å²) in [6, 6.07) is 6.45. The van der Waals surface area contributed by atoms with Gasteiger partial charge in [-0.1, -0.05) is 0 Å². The van der Waals surface area contributed by atoms with Gasteiger partial charge in [-0.05, 0) is 37.3 Å². The van der Waals surface area contributed by atoms with Crippen LogP contribution >= 0.6 is 0 Å². The smallest absolute Gasteiger partial charge is 0.338 e. The first kappa shape index (κ1) is 19.8. The van der Waals surface area contributed by atoms with E-state index in [-0.39, 0.29) is 23.2 Å². The molecule has 5 amide bonds. The SMILES string of the molecule is CNC(=O)NC(=O)C(C)OC(=O)c1ccc2c(c1)C(=O)N(Cc1ccco1)C2=O. The predicted octanol–water partition coefficient (Wildman–Crippen LogP) is 1.08. The molecule has 1 aliphatic rings. The average Bonchev–Trinajstić information content (AvgIpc) is 3.30. The Morgan fingerprint density at radius 3 is 2.52 bits per heavy atom. The van der Waals surface area contributed by atoms with Gasteiger partial charge < -0.3 is 14.5 Å². The van der Waals surface area contributed by atoms with Crippen molar-refractivity contribution >= 4 is 29.7 Å². The van der Waals surface area contributed by atoms with Crippen molar-refractivity contribution in [2.75, 3.05) is 7.05 Å². The van der Waals surface area contributed by atoms with E-state index in [2.05, 4.69) is 5.32 Å². The zero-order valence-corrected chi connectivity index (χ0v) is 15.6. The summed E-state index contributed by atoms with van der Waals surface area (Å²) in [6.07, 6.45) is 0.184. The molecule has 10 nitrogen and oxygen atoms in total. The molecular formula is C19H17N3O7. The molecule has 29 heavy (non-hydrogen) atoms. The third-order valence-electron chi connectivity index (χ3n) is 4.22. The molecule has 0 spiro atoms. The Labute approximate surface area is 164 Å². The maximum atomic E-state index is 12.6. The average molecular weight is 399 g/mol. The van der Waals surface area contributed by atoms with Gasteiger partial charge in [-0.2, -0.15) is 0 Å². The van der Waals surface area contributed by atoms with Crippen molar-refractivity contribution in [2.45, 2.75) is 19.6 Å². The molecule has 1 aliphatic heterocycles. The van der Waals surface area contributed by atoms with Crippen LogP contribution in [0.3, 0.4) is 0 Å². The van der Waals surface area contributed by atoms with Crippen molar-refractivity contribution in [3.05, 3.63) is 59.0 Å². The highest BCUT2D eigenvalue weighted by Crippen LogP contribution is 2.26. The number of carbonyl (C=O) groups is 5. The highest BCUT2D eigenvalue weighted by Gasteiger charge is 2.36. The summed E-state index contributed by atoms with van der Waals surface area (Å²) < 4.78 is 10.2. The maximum absolute atomic E-state index is 12.6. The summed E-state index contributed by atoms with van der Waals surface area (Å²) in [5.74, 6) is -2.32. The number of nitrogens with zero attached hydrogens (tertiary/aromatic N) is 1. The van der Waals surface area contributed by atoms with Crippen molar-refractivity contribution in [2.24, 2.45) is 0 Å². The minimum absolute atomic E-state index is 0.00987. The number of urea groups is 1. The first-order chi connectivity index (χ1) is 13.8. The van der Waals surface area contributed by atoms with Crippen LogP contribution in [0.2, 0.25) is 0 Å². The van der Waals surface area contributed by atoms with Crippen molar-refractivity contribution in [1.29, 1.82) is 0 Å². The molecule has 0 saturated heterocycles. The zero-order chi connectivity index (χ0) is 21.1. The van der Waals surface area contributed by atoms with Crippen LogP contribution in [0.5, 0.6) is 0 Å². The van der Waals surface area contributed by atoms with E-state index < -0.39 is 35.8 Å². The van der Waals surface area contributed by atoms with Gasteiger partial charge in [-0.15, -0.1) is 0 Å². The molecule has 10 heteroatoms. The standard InChI is InChI=1S/C19H17N3O7/c1-10(15(23)21-19(27)20-2)29-18(26)11-5-6-13-14(8-11)17(25)22(16(13)24)9-12-4-3-7-28-12/h3-8,10H,9H2,1-2H3,(H2,20,21,23,27). The molecule has 3 rings (SSSR count). The van der Waals surface area contributed by atoms with Crippen LogP contribution in [-0.4, -0.2) is 47.8 Å². The van der Waals surface area contributed by atoms with Crippen LogP contribution < -0.4 is 10.6 Å². The molecule has 150 valence electrons. The number of furan rings is 1. The Morgan fingerprint density at radius 2 is 1.86 bits per heavy atom. The van der Waals surface area contributed by atoms with Gasteiger partial charge >= 0.3 is 12.0 Å². The molecule has 0 radical (unpaired) electrons. The van der Waals surface area contributed by atoms with Crippen LogP contribution in [0.1, 0.15) is 43.8 Å². The number of ether oxygens (including phenoxy) is 1. The summed E-state index contributed by atoms with van der Waals surface area (Å²) in [7, 11) is 1.33. The molecule has 2 heterocycles. The number of nitrogens with one attached hydrogen (secondary N) is 2. The lowest BCUT2D eigenvalue weighted by atomic mass is 10.1. The van der Waals surface area contributed by atoms with Gasteiger partial charge in [0, 0.05) is 7.05 Å². The van der Waals surface area contributed by atoms with Crippen LogP contribution in [0.25, 0.3) is 0 Å². The van der Waals surface area contributed by atoms with E-state index >= 15 is 0 Å². The Balaban J connectivity index is 1.73. The second-order valence-electron chi connectivity index (χ2n) is 6.15. The van der Waals surface area contributed by atoms with Gasteiger partial charge in [-0.25, -0.2) is 9.59 Å². The van der Waals surface area contributed by atoms with E-state index in [1.807, 2.05) is 5.32 Å². The lowest BCUT2D eigenvalue weighted by molar-refractivity contribution is -0.127. The zero-order valence-electron chi connectivity index (χ0n) is 15.6. The predicted molar refractivity (Wildman–Crippen MR) is 96.8 cm³/mol. The number of hydrogen-bond acceptors (Lipinski definition) is 7. The molecule has 1 aromatic carbocycles. The minimum Gasteiger partial charge on any atom is -0.467 e. The molecule has 1 aromatic heterocycles. The summed E-state index contributed by atoms with van der Waals surface area (Å²) in [4.78, 5) is 61.3. The molecule has 0 aliphatic carbocycles. The molecule has 0 saturated carbocycles. The van der Waals surface area contributed by atoms with E-state index in [4.69, 9.17) is 9.15 Å². The number of fused-ring (bicyclic) bond motifs is 1. The second-order valence-corrected chi connectivity index (χ2v) is 6.15. The normalized spacial score (nSPS) is 13.7. The fraction of sp³-hybridized carbons (Fsp3) is 0.211. The van der Waals surface area contributed by atoms with Crippen molar-refractivity contribution in [1.82, 2.24) is 15.5 Å². The van der Waals surface area contributed by atoms with Gasteiger partial charge in [0.1, 0.15) is 5.76 Å². The van der Waals surface area contributed by atoms with Gasteiger partial charge in [0.2, 0.25) is 0 Å². The van der Waals surface area contributed by atoms with E-state index in [1.54, 1.807) is 12.1 Å². The third kappa shape index (κ3) is 4.00. The topological polar surface area (TPSA) is 135 Å². The van der Waals surface area contributed by atoms with Gasteiger partial charge in [0.05, 0.1) is 29.5 Å². The van der Waals surface area contributed by atoms with Gasteiger partial charge in [-0.3, -0.25) is 24.6 Å². The summed E-state index contributed by atoms with van der Waals surface area (Å²) in [6.45, 7) is 1.26. The number of esters is 1. The second kappa shape index (κ2) is 7.97. The molecule has 2 N–H and O–H groups in total. The van der Waals surface area contributed by atoms with Gasteiger partial charge in [0.25, 0.3) is 17.7 Å². The van der Waals surface area contributed by atoms with Crippen molar-refractivity contribution < 1.29 is 33.1 Å². The van der Waals surface area contributed by atoms with E-state index in [9.17, 15) is 24.0 Å². The minimum atomic E-state index is -1.25. The number of rotatable bonds is 5. The Bertz CT molecular complexity index is 997. The van der Waals surface area contributed by atoms with Crippen LogP contribution in [-0.2, 0) is 16.1 Å². The van der Waals surface area contributed by atoms with Crippen molar-refractivity contribution in [3.8, 4) is 0 Å². The highest BCUT2D eigenvalue weighted by atomic mass is 16.5. The summed E-state index contributed by atoms with van der Waals surface area (Å²) in [5, 5.41) is 4.19. The largest absolute Gasteiger partial charge is 0.467 e. The molecule has 1 atom stereocenters. The van der Waals surface area contributed by atoms with Crippen LogP contribution in [0.15, 0.2) is 41.0 Å². The molecule has 2 aromatic rings. The third-order valence-corrected chi connectivity index (χ3v) is 4.22. The number of carbonyl (C=O) groups excluding carboxylic acids is 5. The monoisotopic (exact) mass is 399 g/mol. The van der Waals surface area contributed by atoms with Crippen molar-refractivity contribution in [3.63, 3.8) is 0 Å². The van der Waals surface area contributed by atoms with E-state index in [0.29, 0.717) is 5.76 Å². The number of hydrogen-bond donors (Lipinski definition) is 2. The fourth-order valence-corrected chi connectivity index (χ4v) is 2.68. The number of benzene rings is 1. The summed E-state index contributed by atoms with van der Waals surface area (Å²) in [5.41, 5.74) is 0.200. The maximum Gasteiger partial charge on any atom is 0.338 e. The molecule has 1 unspecified atom stereocenters. The molecule has 0 bridgehead atoms. The molecule has 0 fully saturated rings. The lowest BCUT2D eigenvalue weighted by Gasteiger charge is -2.13. The Morgan fingerprint density at radius 1 is 1.14 bits per heavy atom. The van der Waals surface area contributed by atoms with E-state index in [1.165, 1.54) is 38.4 Å². The van der Waals surface area contributed by atoms with E-state index in [0.717, 1.165) is 4.90 Å². The molecular weight excluding hydrogens is 382 g/mol. The number of amides is 5. The first-order valence-electron chi connectivity index (χ1n) is 8.58. The lowest BCUT2D eigenvalue weighted by Crippen LogP contribution is -2.43. The first-order valence-corrected chi connectivity index (χ1v) is 8.58. The highest BCUT2D eigenvalue weighted by molar-refractivity contribution is 6.21.